The predicted octanol–water partition coefficient (Wildman–Crippen LogP) is 4.01. The molecule has 0 bridgehead atoms. The molecule has 8 heteroatoms. The Morgan fingerprint density at radius 3 is 2.37 bits per heavy atom. The van der Waals surface area contributed by atoms with Crippen LogP contribution in [0.3, 0.4) is 0 Å². The van der Waals surface area contributed by atoms with E-state index in [9.17, 15) is 4.39 Å². The van der Waals surface area contributed by atoms with Crippen molar-refractivity contribution in [2.24, 2.45) is 4.99 Å². The van der Waals surface area contributed by atoms with E-state index in [0.717, 1.165) is 24.9 Å². The van der Waals surface area contributed by atoms with E-state index in [-0.39, 0.29) is 29.8 Å². The fourth-order valence-electron chi connectivity index (χ4n) is 2.89. The Kier molecular flexibility index (Phi) is 9.72. The minimum Gasteiger partial charge on any atom is -0.356 e. The molecule has 0 spiro atoms. The summed E-state index contributed by atoms with van der Waals surface area (Å²) < 4.78 is 18.9. The standard InChI is InChI=1S/C22H26FN5O.HI/c1-3-20-27-21(29-28-20)18-10-8-16(9-11-18)12-14-25-22(24-2)26-15-13-17-6-4-5-7-19(17)23;/h4-11H,3,12-15H2,1-2H3,(H2,24,25,26);1H. The Morgan fingerprint density at radius 1 is 1.03 bits per heavy atom. The first kappa shape index (κ1) is 23.8. The smallest absolute Gasteiger partial charge is 0.257 e. The number of nitrogens with zero attached hydrogens (tertiary/aromatic N) is 3. The summed E-state index contributed by atoms with van der Waals surface area (Å²) >= 11 is 0. The van der Waals surface area contributed by atoms with Crippen LogP contribution in [0.15, 0.2) is 58.0 Å². The summed E-state index contributed by atoms with van der Waals surface area (Å²) in [6, 6.07) is 14.9. The lowest BCUT2D eigenvalue weighted by Crippen LogP contribution is -2.39. The number of aryl methyl sites for hydroxylation is 1. The van der Waals surface area contributed by atoms with Crippen LogP contribution < -0.4 is 10.6 Å². The van der Waals surface area contributed by atoms with Gasteiger partial charge in [0.2, 0.25) is 0 Å². The summed E-state index contributed by atoms with van der Waals surface area (Å²) in [5.41, 5.74) is 2.81. The molecule has 30 heavy (non-hydrogen) atoms. The summed E-state index contributed by atoms with van der Waals surface area (Å²) in [5.74, 6) is 1.79. The van der Waals surface area contributed by atoms with Crippen LogP contribution >= 0.6 is 24.0 Å². The lowest BCUT2D eigenvalue weighted by Gasteiger charge is -2.12. The molecule has 1 heterocycles. The first-order valence-corrected chi connectivity index (χ1v) is 9.79. The Bertz CT molecular complexity index is 943. The van der Waals surface area contributed by atoms with Gasteiger partial charge in [-0.1, -0.05) is 42.4 Å². The van der Waals surface area contributed by atoms with Crippen molar-refractivity contribution in [3.63, 3.8) is 0 Å². The summed E-state index contributed by atoms with van der Waals surface area (Å²) in [6.45, 7) is 3.34. The van der Waals surface area contributed by atoms with Gasteiger partial charge in [0.25, 0.3) is 5.89 Å². The van der Waals surface area contributed by atoms with Crippen molar-refractivity contribution in [3.8, 4) is 11.5 Å². The SMILES string of the molecule is CCc1noc(-c2ccc(CCNC(=NC)NCCc3ccccc3F)cc2)n1.I. The first-order valence-electron chi connectivity index (χ1n) is 9.79. The molecular weight excluding hydrogens is 496 g/mol. The number of aliphatic imine (C=N–C) groups is 1. The van der Waals surface area contributed by atoms with Crippen molar-refractivity contribution in [3.05, 3.63) is 71.3 Å². The predicted molar refractivity (Wildman–Crippen MR) is 128 cm³/mol. The van der Waals surface area contributed by atoms with E-state index in [0.29, 0.717) is 36.2 Å². The molecule has 3 aromatic rings. The summed E-state index contributed by atoms with van der Waals surface area (Å²) in [5, 5.41) is 10.4. The maximum absolute atomic E-state index is 13.7. The second-order valence-electron chi connectivity index (χ2n) is 6.58. The average molecular weight is 523 g/mol. The van der Waals surface area contributed by atoms with Gasteiger partial charge in [-0.3, -0.25) is 4.99 Å². The van der Waals surface area contributed by atoms with Gasteiger partial charge in [-0.05, 0) is 42.2 Å². The van der Waals surface area contributed by atoms with Crippen LogP contribution in [0.2, 0.25) is 0 Å². The maximum atomic E-state index is 13.7. The minimum absolute atomic E-state index is 0. The lowest BCUT2D eigenvalue weighted by atomic mass is 10.1. The summed E-state index contributed by atoms with van der Waals surface area (Å²) in [4.78, 5) is 8.55. The lowest BCUT2D eigenvalue weighted by molar-refractivity contribution is 0.423. The number of hydrogen-bond donors (Lipinski definition) is 2. The molecule has 0 radical (unpaired) electrons. The van der Waals surface area contributed by atoms with Crippen molar-refractivity contribution in [2.45, 2.75) is 26.2 Å². The Hall–Kier alpha value is -2.49. The van der Waals surface area contributed by atoms with Crippen molar-refractivity contribution in [1.82, 2.24) is 20.8 Å². The van der Waals surface area contributed by atoms with Gasteiger partial charge in [-0.2, -0.15) is 4.98 Å². The van der Waals surface area contributed by atoms with Gasteiger partial charge in [0.15, 0.2) is 11.8 Å². The largest absolute Gasteiger partial charge is 0.356 e. The highest BCUT2D eigenvalue weighted by molar-refractivity contribution is 14.0. The van der Waals surface area contributed by atoms with E-state index in [1.807, 2.05) is 25.1 Å². The summed E-state index contributed by atoms with van der Waals surface area (Å²) in [6.07, 6.45) is 2.20. The molecule has 0 aliphatic carbocycles. The van der Waals surface area contributed by atoms with Gasteiger partial charge in [-0.15, -0.1) is 24.0 Å². The third kappa shape index (κ3) is 6.79. The number of nitrogens with one attached hydrogen (secondary N) is 2. The van der Waals surface area contributed by atoms with E-state index < -0.39 is 0 Å². The molecule has 0 amide bonds. The number of halogens is 2. The topological polar surface area (TPSA) is 75.3 Å². The quantitative estimate of drug-likeness (QED) is 0.265. The average Bonchev–Trinajstić information content (AvgIpc) is 3.24. The maximum Gasteiger partial charge on any atom is 0.257 e. The molecule has 0 fully saturated rings. The number of benzene rings is 2. The van der Waals surface area contributed by atoms with Crippen LogP contribution in [-0.2, 0) is 19.3 Å². The molecule has 6 nitrogen and oxygen atoms in total. The third-order valence-corrected chi connectivity index (χ3v) is 4.56. The zero-order valence-corrected chi connectivity index (χ0v) is 19.5. The Labute approximate surface area is 193 Å². The number of guanidine groups is 1. The van der Waals surface area contributed by atoms with Crippen LogP contribution in [0.4, 0.5) is 4.39 Å². The normalized spacial score (nSPS) is 11.1. The van der Waals surface area contributed by atoms with Gasteiger partial charge in [0.1, 0.15) is 5.82 Å². The zero-order valence-electron chi connectivity index (χ0n) is 17.2. The molecule has 0 saturated heterocycles. The molecule has 0 saturated carbocycles. The molecule has 0 aliphatic rings. The monoisotopic (exact) mass is 523 g/mol. The van der Waals surface area contributed by atoms with Gasteiger partial charge >= 0.3 is 0 Å². The van der Waals surface area contributed by atoms with Crippen molar-refractivity contribution in [1.29, 1.82) is 0 Å². The van der Waals surface area contributed by atoms with Gasteiger partial charge in [-0.25, -0.2) is 4.39 Å². The van der Waals surface area contributed by atoms with E-state index in [2.05, 4.69) is 37.9 Å². The molecule has 0 atom stereocenters. The highest BCUT2D eigenvalue weighted by Crippen LogP contribution is 2.18. The zero-order chi connectivity index (χ0) is 20.5. The summed E-state index contributed by atoms with van der Waals surface area (Å²) in [7, 11) is 1.72. The first-order chi connectivity index (χ1) is 14.2. The minimum atomic E-state index is -0.174. The van der Waals surface area contributed by atoms with Crippen molar-refractivity contribution < 1.29 is 8.91 Å². The van der Waals surface area contributed by atoms with E-state index in [1.54, 1.807) is 19.2 Å². The Balaban J connectivity index is 0.00000320. The van der Waals surface area contributed by atoms with Gasteiger partial charge in [0, 0.05) is 32.1 Å². The molecule has 0 unspecified atom stereocenters. The van der Waals surface area contributed by atoms with Crippen LogP contribution in [-0.4, -0.2) is 36.2 Å². The molecule has 2 N–H and O–H groups in total. The third-order valence-electron chi connectivity index (χ3n) is 4.56. The van der Waals surface area contributed by atoms with Crippen LogP contribution in [0, 0.1) is 5.82 Å². The molecule has 160 valence electrons. The molecular formula is C22H27FIN5O. The van der Waals surface area contributed by atoms with Crippen molar-refractivity contribution >= 4 is 29.9 Å². The fraction of sp³-hybridized carbons (Fsp3) is 0.318. The molecule has 1 aromatic heterocycles. The van der Waals surface area contributed by atoms with E-state index in [4.69, 9.17) is 4.52 Å². The molecule has 2 aromatic carbocycles. The second kappa shape index (κ2) is 12.3. The van der Waals surface area contributed by atoms with Crippen molar-refractivity contribution in [2.75, 3.05) is 20.1 Å². The Morgan fingerprint density at radius 2 is 1.73 bits per heavy atom. The van der Waals surface area contributed by atoms with E-state index >= 15 is 0 Å². The van der Waals surface area contributed by atoms with Crippen LogP contribution in [0.5, 0.6) is 0 Å². The molecule has 0 aliphatic heterocycles. The number of hydrogen-bond acceptors (Lipinski definition) is 4. The van der Waals surface area contributed by atoms with Gasteiger partial charge < -0.3 is 15.2 Å². The van der Waals surface area contributed by atoms with Crippen LogP contribution in [0.25, 0.3) is 11.5 Å². The number of rotatable bonds is 8. The van der Waals surface area contributed by atoms with Gasteiger partial charge in [0.05, 0.1) is 0 Å². The highest BCUT2D eigenvalue weighted by Gasteiger charge is 2.07. The van der Waals surface area contributed by atoms with E-state index in [1.165, 1.54) is 11.6 Å². The number of aromatic nitrogens is 2. The molecule has 3 rings (SSSR count). The van der Waals surface area contributed by atoms with Crippen LogP contribution in [0.1, 0.15) is 23.9 Å². The highest BCUT2D eigenvalue weighted by atomic mass is 127. The second-order valence-corrected chi connectivity index (χ2v) is 6.58. The fourth-order valence-corrected chi connectivity index (χ4v) is 2.89.